The van der Waals surface area contributed by atoms with Crippen molar-refractivity contribution < 1.29 is 19.3 Å². The summed E-state index contributed by atoms with van der Waals surface area (Å²) in [5.74, 6) is 0.932. The van der Waals surface area contributed by atoms with Gasteiger partial charge in [-0.2, -0.15) is 0 Å². The summed E-state index contributed by atoms with van der Waals surface area (Å²) in [4.78, 5) is 0. The van der Waals surface area contributed by atoms with E-state index in [2.05, 4.69) is 11.4 Å². The van der Waals surface area contributed by atoms with Crippen molar-refractivity contribution in [3.8, 4) is 5.75 Å². The number of aliphatic hydroxyl groups excluding tert-OH is 1. The number of fused-ring (bicyclic) bond motifs is 1. The Hall–Kier alpha value is -1.14. The Bertz CT molecular complexity index is 399. The Morgan fingerprint density at radius 3 is 3.10 bits per heavy atom. The number of hydrogen-bond donors (Lipinski definition) is 2. The molecule has 1 aliphatic rings. The third kappa shape index (κ3) is 4.45. The maximum atomic E-state index is 9.87. The normalized spacial score (nSPS) is 19.2. The second-order valence-electron chi connectivity index (χ2n) is 4.86. The van der Waals surface area contributed by atoms with Crippen LogP contribution >= 0.6 is 0 Å². The number of aliphatic hydroxyl groups is 1. The molecule has 2 N–H and O–H groups in total. The van der Waals surface area contributed by atoms with Gasteiger partial charge in [0.25, 0.3) is 0 Å². The lowest BCUT2D eigenvalue weighted by Gasteiger charge is -2.27. The Kier molecular flexibility index (Phi) is 6.26. The van der Waals surface area contributed by atoms with E-state index in [1.807, 2.05) is 18.2 Å². The number of methoxy groups -OCH3 is 1. The smallest absolute Gasteiger partial charge is 0.124 e. The van der Waals surface area contributed by atoms with E-state index in [4.69, 9.17) is 14.2 Å². The predicted octanol–water partition coefficient (Wildman–Crippen LogP) is 1.12. The highest BCUT2D eigenvalue weighted by atomic mass is 16.5. The summed E-state index contributed by atoms with van der Waals surface area (Å²) in [6.45, 7) is 2.59. The average molecular weight is 281 g/mol. The second kappa shape index (κ2) is 8.21. The minimum Gasteiger partial charge on any atom is -0.493 e. The highest BCUT2D eigenvalue weighted by molar-refractivity contribution is 5.37. The predicted molar refractivity (Wildman–Crippen MR) is 76.0 cm³/mol. The van der Waals surface area contributed by atoms with Gasteiger partial charge in [0, 0.05) is 31.7 Å². The van der Waals surface area contributed by atoms with Crippen molar-refractivity contribution in [3.05, 3.63) is 29.8 Å². The molecule has 1 aliphatic heterocycles. The first-order valence-electron chi connectivity index (χ1n) is 7.01. The standard InChI is InChI=1S/C15H23NO4/c1-18-8-9-19-11-12(17)10-16-14-6-7-20-15-5-3-2-4-13(14)15/h2-5,12,14,16-17H,6-11H2,1H3. The van der Waals surface area contributed by atoms with Gasteiger partial charge in [0.05, 0.1) is 32.5 Å². The van der Waals surface area contributed by atoms with E-state index < -0.39 is 6.10 Å². The van der Waals surface area contributed by atoms with E-state index in [0.29, 0.717) is 33.0 Å². The summed E-state index contributed by atoms with van der Waals surface area (Å²) in [7, 11) is 1.63. The van der Waals surface area contributed by atoms with E-state index in [9.17, 15) is 5.11 Å². The minimum absolute atomic E-state index is 0.230. The molecule has 2 unspecified atom stereocenters. The maximum Gasteiger partial charge on any atom is 0.124 e. The summed E-state index contributed by atoms with van der Waals surface area (Å²) in [6.07, 6.45) is 0.399. The molecule has 0 bridgehead atoms. The third-order valence-corrected chi connectivity index (χ3v) is 3.30. The fraction of sp³-hybridized carbons (Fsp3) is 0.600. The molecule has 1 heterocycles. The highest BCUT2D eigenvalue weighted by Gasteiger charge is 2.21. The van der Waals surface area contributed by atoms with Gasteiger partial charge in [-0.3, -0.25) is 0 Å². The molecule has 0 fully saturated rings. The Labute approximate surface area is 119 Å². The number of ether oxygens (including phenoxy) is 3. The molecular formula is C15H23NO4. The van der Waals surface area contributed by atoms with E-state index >= 15 is 0 Å². The molecule has 1 aromatic carbocycles. The van der Waals surface area contributed by atoms with E-state index in [0.717, 1.165) is 17.7 Å². The molecular weight excluding hydrogens is 258 g/mol. The van der Waals surface area contributed by atoms with Crippen molar-refractivity contribution in [2.24, 2.45) is 0 Å². The first-order chi connectivity index (χ1) is 9.81. The molecule has 0 aromatic heterocycles. The first kappa shape index (κ1) is 15.3. The summed E-state index contributed by atoms with van der Waals surface area (Å²) in [5.41, 5.74) is 1.16. The Morgan fingerprint density at radius 2 is 2.25 bits per heavy atom. The van der Waals surface area contributed by atoms with Crippen LogP contribution in [0.15, 0.2) is 24.3 Å². The molecule has 0 saturated carbocycles. The van der Waals surface area contributed by atoms with Gasteiger partial charge in [0.15, 0.2) is 0 Å². The van der Waals surface area contributed by atoms with Crippen LogP contribution in [0.5, 0.6) is 5.75 Å². The van der Waals surface area contributed by atoms with Crippen LogP contribution in [0.25, 0.3) is 0 Å². The maximum absolute atomic E-state index is 9.87. The lowest BCUT2D eigenvalue weighted by molar-refractivity contribution is 0.0124. The summed E-state index contributed by atoms with van der Waals surface area (Å²) < 4.78 is 15.8. The lowest BCUT2D eigenvalue weighted by Crippen LogP contribution is -2.35. The molecule has 2 atom stereocenters. The second-order valence-corrected chi connectivity index (χ2v) is 4.86. The summed E-state index contributed by atoms with van der Waals surface area (Å²) in [5, 5.41) is 13.2. The van der Waals surface area contributed by atoms with E-state index in [1.54, 1.807) is 7.11 Å². The molecule has 20 heavy (non-hydrogen) atoms. The van der Waals surface area contributed by atoms with Gasteiger partial charge in [0.1, 0.15) is 5.75 Å². The topological polar surface area (TPSA) is 60.0 Å². The van der Waals surface area contributed by atoms with E-state index in [-0.39, 0.29) is 6.04 Å². The third-order valence-electron chi connectivity index (χ3n) is 3.30. The van der Waals surface area contributed by atoms with Gasteiger partial charge in [0.2, 0.25) is 0 Å². The fourth-order valence-electron chi connectivity index (χ4n) is 2.25. The van der Waals surface area contributed by atoms with Gasteiger partial charge in [-0.25, -0.2) is 0 Å². The molecule has 0 saturated heterocycles. The number of para-hydroxylation sites is 1. The monoisotopic (exact) mass is 281 g/mol. The Morgan fingerprint density at radius 1 is 1.40 bits per heavy atom. The quantitative estimate of drug-likeness (QED) is 0.699. The van der Waals surface area contributed by atoms with Crippen LogP contribution in [-0.2, 0) is 9.47 Å². The van der Waals surface area contributed by atoms with Gasteiger partial charge in [-0.1, -0.05) is 18.2 Å². The minimum atomic E-state index is -0.512. The number of hydrogen-bond acceptors (Lipinski definition) is 5. The average Bonchev–Trinajstić information content (AvgIpc) is 2.49. The molecule has 0 radical (unpaired) electrons. The molecule has 5 heteroatoms. The van der Waals surface area contributed by atoms with Gasteiger partial charge in [-0.15, -0.1) is 0 Å². The van der Waals surface area contributed by atoms with Crippen molar-refractivity contribution in [1.29, 1.82) is 0 Å². The van der Waals surface area contributed by atoms with Gasteiger partial charge in [-0.05, 0) is 6.07 Å². The largest absolute Gasteiger partial charge is 0.493 e. The van der Waals surface area contributed by atoms with Crippen LogP contribution in [0.3, 0.4) is 0 Å². The van der Waals surface area contributed by atoms with Crippen molar-refractivity contribution >= 4 is 0 Å². The van der Waals surface area contributed by atoms with Gasteiger partial charge >= 0.3 is 0 Å². The molecule has 0 spiro atoms. The number of rotatable bonds is 8. The summed E-state index contributed by atoms with van der Waals surface area (Å²) >= 11 is 0. The van der Waals surface area contributed by atoms with Crippen molar-refractivity contribution in [2.45, 2.75) is 18.6 Å². The fourth-order valence-corrected chi connectivity index (χ4v) is 2.25. The number of nitrogens with one attached hydrogen (secondary N) is 1. The molecule has 0 aliphatic carbocycles. The van der Waals surface area contributed by atoms with Crippen LogP contribution in [0.1, 0.15) is 18.0 Å². The zero-order valence-electron chi connectivity index (χ0n) is 11.9. The van der Waals surface area contributed by atoms with E-state index in [1.165, 1.54) is 0 Å². The van der Waals surface area contributed by atoms with Crippen LogP contribution in [0.4, 0.5) is 0 Å². The van der Waals surface area contributed by atoms with Crippen molar-refractivity contribution in [3.63, 3.8) is 0 Å². The van der Waals surface area contributed by atoms with Crippen molar-refractivity contribution in [2.75, 3.05) is 40.1 Å². The molecule has 1 aromatic rings. The van der Waals surface area contributed by atoms with Crippen LogP contribution in [0, 0.1) is 0 Å². The molecule has 112 valence electrons. The van der Waals surface area contributed by atoms with Crippen LogP contribution in [-0.4, -0.2) is 51.3 Å². The Balaban J connectivity index is 1.74. The molecule has 0 amide bonds. The van der Waals surface area contributed by atoms with Gasteiger partial charge < -0.3 is 24.6 Å². The van der Waals surface area contributed by atoms with Crippen LogP contribution < -0.4 is 10.1 Å². The highest BCUT2D eigenvalue weighted by Crippen LogP contribution is 2.31. The summed E-state index contributed by atoms with van der Waals surface area (Å²) in [6, 6.07) is 8.25. The lowest BCUT2D eigenvalue weighted by atomic mass is 10.0. The number of benzene rings is 1. The molecule has 5 nitrogen and oxygen atoms in total. The first-order valence-corrected chi connectivity index (χ1v) is 7.01. The van der Waals surface area contributed by atoms with Crippen LogP contribution in [0.2, 0.25) is 0 Å². The van der Waals surface area contributed by atoms with Crippen molar-refractivity contribution in [1.82, 2.24) is 5.32 Å². The molecule has 2 rings (SSSR count). The zero-order chi connectivity index (χ0) is 14.2. The SMILES string of the molecule is COCCOCC(O)CNC1CCOc2ccccc21. The zero-order valence-corrected chi connectivity index (χ0v) is 11.9.